The number of hydrogen-bond donors (Lipinski definition) is 1. The van der Waals surface area contributed by atoms with Crippen LogP contribution in [0.5, 0.6) is 0 Å². The lowest BCUT2D eigenvalue weighted by Crippen LogP contribution is -2.33. The van der Waals surface area contributed by atoms with E-state index in [2.05, 4.69) is 26.1 Å². The first-order chi connectivity index (χ1) is 11.4. The summed E-state index contributed by atoms with van der Waals surface area (Å²) < 4.78 is 5.40. The van der Waals surface area contributed by atoms with Gasteiger partial charge in [0.25, 0.3) is 0 Å². The molecule has 0 amide bonds. The van der Waals surface area contributed by atoms with Gasteiger partial charge in [-0.05, 0) is 37.8 Å². The summed E-state index contributed by atoms with van der Waals surface area (Å²) in [4.78, 5) is 15.0. The number of aromatic nitrogens is 4. The number of benzene rings is 1. The van der Waals surface area contributed by atoms with Crippen LogP contribution in [0.3, 0.4) is 0 Å². The second-order valence-corrected chi connectivity index (χ2v) is 6.60. The Hall–Kier alpha value is -2.37. The van der Waals surface area contributed by atoms with Crippen LogP contribution in [0.15, 0.2) is 28.8 Å². The molecule has 1 saturated carbocycles. The van der Waals surface area contributed by atoms with Crippen molar-refractivity contribution in [2.24, 2.45) is 0 Å². The minimum Gasteiger partial charge on any atom is -0.342 e. The Balaban J connectivity index is 1.29. The number of anilines is 1. The van der Waals surface area contributed by atoms with Crippen molar-refractivity contribution in [2.45, 2.75) is 37.5 Å². The van der Waals surface area contributed by atoms with Gasteiger partial charge in [-0.3, -0.25) is 0 Å². The van der Waals surface area contributed by atoms with E-state index in [1.165, 1.54) is 12.8 Å². The average Bonchev–Trinajstić information content (AvgIpc) is 3.17. The van der Waals surface area contributed by atoms with Crippen LogP contribution in [-0.2, 0) is 0 Å². The Morgan fingerprint density at radius 2 is 1.83 bits per heavy atom. The minimum absolute atomic E-state index is 0.409. The van der Waals surface area contributed by atoms with Crippen molar-refractivity contribution >= 4 is 17.0 Å². The van der Waals surface area contributed by atoms with E-state index in [9.17, 15) is 0 Å². The number of nitrogens with zero attached hydrogens (tertiary/aromatic N) is 4. The molecule has 23 heavy (non-hydrogen) atoms. The molecule has 1 aromatic carbocycles. The van der Waals surface area contributed by atoms with Gasteiger partial charge in [-0.15, -0.1) is 0 Å². The molecule has 2 aromatic heterocycles. The SMILES string of the molecule is c1ccc2[nH]c(N3CCC(c4noc(C5CC5)n4)CC3)nc2c1. The van der Waals surface area contributed by atoms with Crippen LogP contribution in [-0.4, -0.2) is 33.2 Å². The smallest absolute Gasteiger partial charge is 0.229 e. The minimum atomic E-state index is 0.409. The molecular formula is C17H19N5O. The number of para-hydroxylation sites is 2. The van der Waals surface area contributed by atoms with Crippen LogP contribution in [0.2, 0.25) is 0 Å². The van der Waals surface area contributed by atoms with E-state index >= 15 is 0 Å². The summed E-state index contributed by atoms with van der Waals surface area (Å²) in [5.41, 5.74) is 2.12. The summed E-state index contributed by atoms with van der Waals surface area (Å²) >= 11 is 0. The second-order valence-electron chi connectivity index (χ2n) is 6.60. The van der Waals surface area contributed by atoms with Crippen LogP contribution in [0.25, 0.3) is 11.0 Å². The maximum atomic E-state index is 5.40. The fourth-order valence-corrected chi connectivity index (χ4v) is 3.35. The first-order valence-electron chi connectivity index (χ1n) is 8.40. The second kappa shape index (κ2) is 5.08. The number of rotatable bonds is 3. The molecule has 0 radical (unpaired) electrons. The predicted octanol–water partition coefficient (Wildman–Crippen LogP) is 3.21. The van der Waals surface area contributed by atoms with Gasteiger partial charge in [-0.1, -0.05) is 17.3 Å². The van der Waals surface area contributed by atoms with Gasteiger partial charge in [0.2, 0.25) is 11.8 Å². The number of nitrogens with one attached hydrogen (secondary N) is 1. The number of fused-ring (bicyclic) bond motifs is 1. The third kappa shape index (κ3) is 2.38. The van der Waals surface area contributed by atoms with Crippen molar-refractivity contribution in [3.63, 3.8) is 0 Å². The molecule has 6 heteroatoms. The van der Waals surface area contributed by atoms with E-state index < -0.39 is 0 Å². The number of hydrogen-bond acceptors (Lipinski definition) is 5. The molecule has 0 unspecified atom stereocenters. The number of aromatic amines is 1. The van der Waals surface area contributed by atoms with Crippen LogP contribution in [0, 0.1) is 0 Å². The summed E-state index contributed by atoms with van der Waals surface area (Å²) in [7, 11) is 0. The monoisotopic (exact) mass is 309 g/mol. The molecule has 0 bridgehead atoms. The Labute approximate surface area is 133 Å². The molecule has 1 N–H and O–H groups in total. The highest BCUT2D eigenvalue weighted by atomic mass is 16.5. The average molecular weight is 309 g/mol. The number of H-pyrrole nitrogens is 1. The summed E-state index contributed by atoms with van der Waals surface area (Å²) in [6, 6.07) is 8.16. The standard InChI is InChI=1S/C17H19N5O/c1-2-4-14-13(3-1)18-17(19-14)22-9-7-11(8-10-22)15-20-16(23-21-15)12-5-6-12/h1-4,11-12H,5-10H2,(H,18,19). The van der Waals surface area contributed by atoms with Crippen LogP contribution < -0.4 is 4.90 Å². The fourth-order valence-electron chi connectivity index (χ4n) is 3.35. The van der Waals surface area contributed by atoms with Crippen molar-refractivity contribution in [1.29, 1.82) is 0 Å². The van der Waals surface area contributed by atoms with Gasteiger partial charge in [-0.25, -0.2) is 4.98 Å². The first kappa shape index (κ1) is 13.1. The van der Waals surface area contributed by atoms with Gasteiger partial charge in [0.15, 0.2) is 5.82 Å². The number of piperidine rings is 1. The molecule has 118 valence electrons. The molecule has 2 aliphatic rings. The Morgan fingerprint density at radius 3 is 2.61 bits per heavy atom. The van der Waals surface area contributed by atoms with E-state index in [0.29, 0.717) is 11.8 Å². The lowest BCUT2D eigenvalue weighted by molar-refractivity contribution is 0.364. The van der Waals surface area contributed by atoms with Gasteiger partial charge in [0, 0.05) is 24.9 Å². The molecule has 0 spiro atoms. The highest BCUT2D eigenvalue weighted by Gasteiger charge is 2.32. The highest BCUT2D eigenvalue weighted by molar-refractivity contribution is 5.77. The van der Waals surface area contributed by atoms with E-state index in [4.69, 9.17) is 9.51 Å². The summed E-state index contributed by atoms with van der Waals surface area (Å²) in [5.74, 6) is 3.66. The van der Waals surface area contributed by atoms with Crippen LogP contribution in [0.1, 0.15) is 49.2 Å². The van der Waals surface area contributed by atoms with Gasteiger partial charge >= 0.3 is 0 Å². The molecule has 1 aliphatic carbocycles. The number of imidazole rings is 1. The topological polar surface area (TPSA) is 70.8 Å². The zero-order chi connectivity index (χ0) is 15.2. The predicted molar refractivity (Wildman–Crippen MR) is 86.6 cm³/mol. The molecule has 6 nitrogen and oxygen atoms in total. The Morgan fingerprint density at radius 1 is 1.00 bits per heavy atom. The van der Waals surface area contributed by atoms with Crippen molar-refractivity contribution in [3.05, 3.63) is 36.0 Å². The molecule has 5 rings (SSSR count). The van der Waals surface area contributed by atoms with E-state index in [-0.39, 0.29) is 0 Å². The highest BCUT2D eigenvalue weighted by Crippen LogP contribution is 2.40. The quantitative estimate of drug-likeness (QED) is 0.804. The maximum Gasteiger partial charge on any atom is 0.229 e. The van der Waals surface area contributed by atoms with Crippen LogP contribution in [0.4, 0.5) is 5.95 Å². The molecule has 2 fully saturated rings. The molecule has 1 aliphatic heterocycles. The lowest BCUT2D eigenvalue weighted by atomic mass is 9.96. The van der Waals surface area contributed by atoms with Crippen molar-refractivity contribution < 1.29 is 4.52 Å². The Kier molecular flexibility index (Phi) is 2.89. The van der Waals surface area contributed by atoms with Crippen LogP contribution >= 0.6 is 0 Å². The Bertz CT molecular complexity index is 793. The molecule has 1 saturated heterocycles. The van der Waals surface area contributed by atoms with Gasteiger partial charge in [0.1, 0.15) is 0 Å². The summed E-state index contributed by atoms with van der Waals surface area (Å²) in [5, 5.41) is 4.21. The van der Waals surface area contributed by atoms with Crippen molar-refractivity contribution in [1.82, 2.24) is 20.1 Å². The fraction of sp³-hybridized carbons (Fsp3) is 0.471. The van der Waals surface area contributed by atoms with E-state index in [1.807, 2.05) is 18.2 Å². The third-order valence-electron chi connectivity index (χ3n) is 4.92. The summed E-state index contributed by atoms with van der Waals surface area (Å²) in [6.45, 7) is 1.94. The first-order valence-corrected chi connectivity index (χ1v) is 8.40. The largest absolute Gasteiger partial charge is 0.342 e. The van der Waals surface area contributed by atoms with Gasteiger partial charge in [0.05, 0.1) is 11.0 Å². The van der Waals surface area contributed by atoms with Crippen molar-refractivity contribution in [2.75, 3.05) is 18.0 Å². The normalized spacial score (nSPS) is 19.6. The molecule has 0 atom stereocenters. The zero-order valence-electron chi connectivity index (χ0n) is 12.9. The van der Waals surface area contributed by atoms with Gasteiger partial charge in [-0.2, -0.15) is 4.98 Å². The van der Waals surface area contributed by atoms with E-state index in [1.54, 1.807) is 0 Å². The maximum absolute atomic E-state index is 5.40. The molecule has 3 heterocycles. The zero-order valence-corrected chi connectivity index (χ0v) is 12.9. The molecular weight excluding hydrogens is 290 g/mol. The lowest BCUT2D eigenvalue weighted by Gasteiger charge is -2.30. The van der Waals surface area contributed by atoms with Gasteiger partial charge < -0.3 is 14.4 Å². The van der Waals surface area contributed by atoms with E-state index in [0.717, 1.165) is 54.6 Å². The molecule has 3 aromatic rings. The summed E-state index contributed by atoms with van der Waals surface area (Å²) in [6.07, 6.45) is 4.49. The van der Waals surface area contributed by atoms with Crippen molar-refractivity contribution in [3.8, 4) is 0 Å². The third-order valence-corrected chi connectivity index (χ3v) is 4.92.